The minimum Gasteiger partial charge on any atom is -0.497 e. The zero-order chi connectivity index (χ0) is 47.2. The van der Waals surface area contributed by atoms with Crippen LogP contribution in [-0.4, -0.2) is 36.2 Å². The number of aryl methyl sites for hydroxylation is 1. The molecule has 1 aliphatic heterocycles. The smallest absolute Gasteiger partial charge is 0.352 e. The summed E-state index contributed by atoms with van der Waals surface area (Å²) >= 11 is 4.76. The summed E-state index contributed by atoms with van der Waals surface area (Å²) in [7, 11) is 1.65. The first-order valence-electron chi connectivity index (χ1n) is 18.6. The van der Waals surface area contributed by atoms with Gasteiger partial charge in [-0.3, -0.25) is 15.3 Å². The molecule has 1 aliphatic rings. The minimum atomic E-state index is -0.264. The summed E-state index contributed by atoms with van der Waals surface area (Å²) in [6.45, 7) is 7.03. The number of hydrogen-bond acceptors (Lipinski definition) is 10. The number of thiophene rings is 1. The number of benzene rings is 2. The number of terminal acetylenes is 1. The van der Waals surface area contributed by atoms with E-state index in [0.717, 1.165) is 41.2 Å². The maximum absolute atomic E-state index is 13.3. The molecular formula is C50H48N10O4S2. The highest BCUT2D eigenvalue weighted by Gasteiger charge is 2.23. The van der Waals surface area contributed by atoms with Crippen molar-refractivity contribution < 1.29 is 26.9 Å². The molecule has 0 radical (unpaired) electrons. The summed E-state index contributed by atoms with van der Waals surface area (Å²) in [5.74, 6) is 62.1. The molecule has 0 aliphatic carbocycles. The van der Waals surface area contributed by atoms with Gasteiger partial charge in [0.25, 0.3) is 0 Å². The van der Waals surface area contributed by atoms with Gasteiger partial charge in [-0.2, -0.15) is 9.61 Å². The van der Waals surface area contributed by atoms with Crippen LogP contribution in [0, 0.1) is 155 Å². The Balaban J connectivity index is -0.000000257. The van der Waals surface area contributed by atoms with Crippen LogP contribution in [0.15, 0.2) is 75.3 Å². The Kier molecular flexibility index (Phi) is 20.7. The Hall–Kier alpha value is -9.82. The average Bonchev–Trinajstić information content (AvgIpc) is 4.08. The number of nitrogens with two attached hydrogens (primary N) is 1. The van der Waals surface area contributed by atoms with E-state index in [1.54, 1.807) is 25.4 Å². The van der Waals surface area contributed by atoms with Crippen LogP contribution in [0.25, 0.3) is 15.9 Å². The Labute approximate surface area is 404 Å². The lowest BCUT2D eigenvalue weighted by molar-refractivity contribution is -0.744. The van der Waals surface area contributed by atoms with Crippen LogP contribution < -0.4 is 16.3 Å². The normalized spacial score (nSPS) is 9.83. The number of aromatic nitrogens is 4. The molecule has 0 spiro atoms. The molecule has 0 saturated heterocycles. The van der Waals surface area contributed by atoms with Crippen LogP contribution in [0.2, 0.25) is 0 Å². The van der Waals surface area contributed by atoms with Crippen molar-refractivity contribution in [3.63, 3.8) is 0 Å². The van der Waals surface area contributed by atoms with Crippen molar-refractivity contribution in [1.29, 1.82) is 0 Å². The van der Waals surface area contributed by atoms with Crippen LogP contribution in [0.4, 0.5) is 0 Å². The van der Waals surface area contributed by atoms with E-state index >= 15 is 0 Å². The standard InChI is InChI=1S/C25H23N5O2S.C25H4.H3N5O2S.9H2/c1-16-21(14-28-12-18-5-3-4-6-19(18)13-28)33-24-22(16)23-26-15-27-30(23)25(31)29(24)11-17-7-9-20(32-2)10-8-17;1-3-5-7-9-11-13-15-17-19-21-23-25-24-22-20-18-16-14-12-10-8-6-4-2;1-2-3-4-5(6)7-8;;;;;;;;;/h3-10,15H,11-14H2,1-2H3;1H,2H3;8H,(H2,1,3);9*1H. The number of methoxy groups -OCH3 is 1. The second-order valence-electron chi connectivity index (χ2n) is 12.1. The van der Waals surface area contributed by atoms with Gasteiger partial charge < -0.3 is 14.2 Å². The van der Waals surface area contributed by atoms with E-state index < -0.39 is 0 Å². The predicted octanol–water partition coefficient (Wildman–Crippen LogP) is 6.84. The van der Waals surface area contributed by atoms with Gasteiger partial charge in [-0.1, -0.05) is 55.2 Å². The molecule has 0 bridgehead atoms. The molecule has 4 heterocycles. The molecule has 0 unspecified atom stereocenters. The molecule has 2 N–H and O–H groups in total. The van der Waals surface area contributed by atoms with Gasteiger partial charge in [-0.05, 0) is 143 Å². The average molecular weight is 917 g/mol. The number of nitrogens with zero attached hydrogens (tertiary/aromatic N) is 9. The predicted molar refractivity (Wildman–Crippen MR) is 273 cm³/mol. The third-order valence-corrected chi connectivity index (χ3v) is 9.55. The molecule has 16 heteroatoms. The molecule has 66 heavy (non-hydrogen) atoms. The summed E-state index contributed by atoms with van der Waals surface area (Å²) in [4.78, 5) is 22.4. The second kappa shape index (κ2) is 27.9. The van der Waals surface area contributed by atoms with Gasteiger partial charge in [0.1, 0.15) is 16.9 Å². The molecule has 3 aromatic heterocycles. The second-order valence-corrected chi connectivity index (χ2v) is 13.3. The van der Waals surface area contributed by atoms with Gasteiger partial charge in [-0.25, -0.2) is 9.78 Å². The van der Waals surface area contributed by atoms with E-state index in [1.165, 1.54) is 32.4 Å². The highest BCUT2D eigenvalue weighted by atomic mass is 32.1. The molecule has 6 rings (SSSR count). The number of fused-ring (bicyclic) bond motifs is 4. The molecule has 0 amide bonds. The molecular weight excluding hydrogens is 869 g/mol. The van der Waals surface area contributed by atoms with Gasteiger partial charge >= 0.3 is 5.69 Å². The van der Waals surface area contributed by atoms with Crippen molar-refractivity contribution in [3.05, 3.63) is 97.7 Å². The third kappa shape index (κ3) is 15.6. The summed E-state index contributed by atoms with van der Waals surface area (Å²) < 4.78 is 12.2. The molecule has 14 nitrogen and oxygen atoms in total. The van der Waals surface area contributed by atoms with E-state index in [9.17, 15) is 10.0 Å². The van der Waals surface area contributed by atoms with Crippen molar-refractivity contribution in [2.24, 2.45) is 21.5 Å². The first-order chi connectivity index (χ1) is 32.3. The highest BCUT2D eigenvalue weighted by Crippen LogP contribution is 2.35. The summed E-state index contributed by atoms with van der Waals surface area (Å²) in [5, 5.41) is 22.8. The van der Waals surface area contributed by atoms with E-state index in [-0.39, 0.29) is 23.6 Å². The molecule has 5 aromatic rings. The lowest BCUT2D eigenvalue weighted by Gasteiger charge is -2.14. The van der Waals surface area contributed by atoms with Crippen molar-refractivity contribution >= 4 is 40.1 Å². The quantitative estimate of drug-likeness (QED) is 0.0448. The SMILES string of the molecule is C#CC#CC#CC#CC#CC#CC#CC#CC#CC#CC#CC#CC.COc1ccc(Cn2c(=O)n3ncnc3c3c(C)c(CN4Cc5ccccc5C4)sc32)cc1.NN=NN=[N+]([O-])OS.[HH].[HH].[HH].[HH].[HH].[HH].[HH].[HH].[HH]. The molecule has 0 atom stereocenters. The van der Waals surface area contributed by atoms with E-state index in [4.69, 9.17) is 11.2 Å². The Morgan fingerprint density at radius 3 is 1.82 bits per heavy atom. The van der Waals surface area contributed by atoms with Crippen molar-refractivity contribution in [1.82, 2.24) is 24.1 Å². The number of hydrogen-bond donors (Lipinski definition) is 2. The van der Waals surface area contributed by atoms with Crippen molar-refractivity contribution in [2.45, 2.75) is 40.0 Å². The summed E-state index contributed by atoms with van der Waals surface area (Å²) in [6.07, 6.45) is 6.37. The fourth-order valence-corrected chi connectivity index (χ4v) is 6.81. The van der Waals surface area contributed by atoms with Gasteiger partial charge in [0.05, 0.1) is 29.3 Å². The zero-order valence-corrected chi connectivity index (χ0v) is 36.9. The van der Waals surface area contributed by atoms with Crippen molar-refractivity contribution in [2.75, 3.05) is 7.11 Å². The first-order valence-corrected chi connectivity index (χ1v) is 19.8. The lowest BCUT2D eigenvalue weighted by atomic mass is 10.1. The molecule has 0 saturated carbocycles. The van der Waals surface area contributed by atoms with Gasteiger partial charge in [0, 0.05) is 72.9 Å². The Morgan fingerprint density at radius 2 is 1.35 bits per heavy atom. The highest BCUT2D eigenvalue weighted by molar-refractivity contribution is 7.74. The molecule has 334 valence electrons. The minimum absolute atomic E-state index is 0. The van der Waals surface area contributed by atoms with Gasteiger partial charge in [0.2, 0.25) is 10.4 Å². The monoisotopic (exact) mass is 916 g/mol. The van der Waals surface area contributed by atoms with Crippen LogP contribution in [0.1, 0.15) is 46.9 Å². The lowest BCUT2D eigenvalue weighted by Crippen LogP contribution is -2.27. The van der Waals surface area contributed by atoms with E-state index in [2.05, 4.69) is 221 Å². The fourth-order valence-electron chi connectivity index (χ4n) is 5.44. The fraction of sp³-hybridized carbons (Fsp3) is 0.140. The maximum Gasteiger partial charge on any atom is 0.352 e. The van der Waals surface area contributed by atoms with E-state index in [1.807, 2.05) is 28.8 Å². The number of thiol groups is 1. The summed E-state index contributed by atoms with van der Waals surface area (Å²) in [6, 6.07) is 16.4. The number of rotatable bonds is 7. The Morgan fingerprint density at radius 1 is 0.833 bits per heavy atom. The van der Waals surface area contributed by atoms with Crippen LogP contribution in [0.3, 0.4) is 0 Å². The third-order valence-electron chi connectivity index (χ3n) is 8.11. The molecule has 0 fully saturated rings. The number of ether oxygens (including phenoxy) is 1. The zero-order valence-electron chi connectivity index (χ0n) is 35.2. The topological polar surface area (TPSA) is 163 Å². The summed E-state index contributed by atoms with van der Waals surface area (Å²) in [5.41, 5.74) is 5.45. The first kappa shape index (κ1) is 48.8. The van der Waals surface area contributed by atoms with Crippen LogP contribution >= 0.6 is 24.2 Å². The maximum atomic E-state index is 13.3. The molecule has 2 aromatic carbocycles. The largest absolute Gasteiger partial charge is 0.497 e. The Bertz CT molecular complexity index is 3540. The van der Waals surface area contributed by atoms with Crippen LogP contribution in [-0.2, 0) is 30.5 Å². The van der Waals surface area contributed by atoms with Gasteiger partial charge in [0.15, 0.2) is 5.65 Å². The van der Waals surface area contributed by atoms with Crippen molar-refractivity contribution in [3.8, 4) is 148 Å². The van der Waals surface area contributed by atoms with Crippen LogP contribution in [0.5, 0.6) is 5.75 Å². The van der Waals surface area contributed by atoms with Gasteiger partial charge in [-0.15, -0.1) is 17.8 Å². The van der Waals surface area contributed by atoms with E-state index in [0.29, 0.717) is 12.2 Å².